The summed E-state index contributed by atoms with van der Waals surface area (Å²) in [6, 6.07) is 16.3. The summed E-state index contributed by atoms with van der Waals surface area (Å²) in [5.74, 6) is 0.0557. The lowest BCUT2D eigenvalue weighted by Crippen LogP contribution is -2.07. The van der Waals surface area contributed by atoms with Crippen molar-refractivity contribution in [1.82, 2.24) is 0 Å². The lowest BCUT2D eigenvalue weighted by Gasteiger charge is -2.09. The predicted molar refractivity (Wildman–Crippen MR) is 81.3 cm³/mol. The number of hydrogen-bond donors (Lipinski definition) is 0. The van der Waals surface area contributed by atoms with Crippen molar-refractivity contribution in [3.63, 3.8) is 0 Å². The molecule has 19 heavy (non-hydrogen) atoms. The third-order valence-electron chi connectivity index (χ3n) is 2.93. The van der Waals surface area contributed by atoms with Crippen LogP contribution in [0.5, 0.6) is 0 Å². The van der Waals surface area contributed by atoms with E-state index in [4.69, 9.17) is 0 Å². The smallest absolute Gasteiger partial charge is 0.182 e. The average molecular weight is 339 g/mol. The van der Waals surface area contributed by atoms with Gasteiger partial charge in [-0.3, -0.25) is 0 Å². The van der Waals surface area contributed by atoms with Gasteiger partial charge in [0.1, 0.15) is 0 Å². The van der Waals surface area contributed by atoms with Crippen molar-refractivity contribution < 1.29 is 8.42 Å². The number of sulfone groups is 1. The van der Waals surface area contributed by atoms with Crippen LogP contribution in [-0.4, -0.2) is 13.7 Å². The molecule has 0 aliphatic rings. The van der Waals surface area contributed by atoms with Gasteiger partial charge in [-0.2, -0.15) is 0 Å². The summed E-state index contributed by atoms with van der Waals surface area (Å²) in [6.07, 6.45) is 0.834. The van der Waals surface area contributed by atoms with E-state index in [-0.39, 0.29) is 5.75 Å². The van der Waals surface area contributed by atoms with Crippen molar-refractivity contribution in [2.75, 3.05) is 5.33 Å². The van der Waals surface area contributed by atoms with Gasteiger partial charge in [-0.05, 0) is 29.7 Å². The zero-order valence-corrected chi connectivity index (χ0v) is 12.8. The Labute approximate surface area is 122 Å². The van der Waals surface area contributed by atoms with Crippen LogP contribution in [0, 0.1) is 0 Å². The van der Waals surface area contributed by atoms with Gasteiger partial charge in [-0.25, -0.2) is 8.42 Å². The van der Waals surface area contributed by atoms with E-state index in [0.717, 1.165) is 22.9 Å². The van der Waals surface area contributed by atoms with E-state index in [2.05, 4.69) is 15.9 Å². The Balaban J connectivity index is 2.31. The van der Waals surface area contributed by atoms with Crippen LogP contribution in [0.2, 0.25) is 0 Å². The molecule has 0 amide bonds. The largest absolute Gasteiger partial charge is 0.223 e. The van der Waals surface area contributed by atoms with Gasteiger partial charge in [0.25, 0.3) is 0 Å². The molecule has 0 spiro atoms. The normalized spacial score (nSPS) is 11.4. The molecule has 2 aromatic rings. The first-order valence-corrected chi connectivity index (χ1v) is 8.81. The molecule has 0 radical (unpaired) electrons. The summed E-state index contributed by atoms with van der Waals surface area (Å²) in [4.78, 5) is 0.378. The summed E-state index contributed by atoms with van der Waals surface area (Å²) < 4.78 is 24.7. The van der Waals surface area contributed by atoms with Gasteiger partial charge in [0, 0.05) is 5.33 Å². The van der Waals surface area contributed by atoms with E-state index >= 15 is 0 Å². The van der Waals surface area contributed by atoms with Crippen LogP contribution >= 0.6 is 15.9 Å². The molecular weight excluding hydrogens is 324 g/mol. The molecule has 2 nitrogen and oxygen atoms in total. The fourth-order valence-electron chi connectivity index (χ4n) is 1.96. The van der Waals surface area contributed by atoms with Crippen LogP contribution in [0.1, 0.15) is 11.1 Å². The van der Waals surface area contributed by atoms with E-state index in [0.29, 0.717) is 4.90 Å². The number of alkyl halides is 1. The molecule has 0 bridgehead atoms. The molecule has 100 valence electrons. The standard InChI is InChI=1S/C15H15BrO2S/c16-11-10-13-6-4-5-7-14(13)12-19(17,18)15-8-2-1-3-9-15/h1-9H,10-12H2. The Morgan fingerprint density at radius 2 is 1.42 bits per heavy atom. The number of hydrogen-bond acceptors (Lipinski definition) is 2. The van der Waals surface area contributed by atoms with Crippen molar-refractivity contribution >= 4 is 25.8 Å². The SMILES string of the molecule is O=S(=O)(Cc1ccccc1CCBr)c1ccccc1. The summed E-state index contributed by atoms with van der Waals surface area (Å²) in [5.41, 5.74) is 1.96. The number of aryl methyl sites for hydroxylation is 1. The second-order valence-electron chi connectivity index (χ2n) is 4.28. The Kier molecular flexibility index (Phi) is 4.77. The van der Waals surface area contributed by atoms with E-state index < -0.39 is 9.84 Å². The fraction of sp³-hybridized carbons (Fsp3) is 0.200. The van der Waals surface area contributed by atoms with E-state index in [1.807, 2.05) is 30.3 Å². The minimum absolute atomic E-state index is 0.0557. The summed E-state index contributed by atoms with van der Waals surface area (Å²) in [5, 5.41) is 0.829. The second-order valence-corrected chi connectivity index (χ2v) is 7.06. The Morgan fingerprint density at radius 3 is 2.05 bits per heavy atom. The zero-order valence-electron chi connectivity index (χ0n) is 10.4. The summed E-state index contributed by atoms with van der Waals surface area (Å²) in [6.45, 7) is 0. The lowest BCUT2D eigenvalue weighted by atomic mass is 10.1. The first kappa shape index (κ1) is 14.3. The first-order chi connectivity index (χ1) is 9.13. The molecule has 2 aromatic carbocycles. The van der Waals surface area contributed by atoms with Crippen molar-refractivity contribution in [1.29, 1.82) is 0 Å². The lowest BCUT2D eigenvalue weighted by molar-refractivity contribution is 0.595. The van der Waals surface area contributed by atoms with Gasteiger partial charge in [-0.1, -0.05) is 58.4 Å². The third kappa shape index (κ3) is 3.67. The van der Waals surface area contributed by atoms with Crippen LogP contribution in [-0.2, 0) is 22.0 Å². The second kappa shape index (κ2) is 6.35. The molecule has 2 rings (SSSR count). The first-order valence-electron chi connectivity index (χ1n) is 6.04. The molecule has 0 saturated carbocycles. The van der Waals surface area contributed by atoms with Crippen LogP contribution in [0.15, 0.2) is 59.5 Å². The summed E-state index contributed by atoms with van der Waals surface area (Å²) >= 11 is 3.40. The topological polar surface area (TPSA) is 34.1 Å². The molecular formula is C15H15BrO2S. The predicted octanol–water partition coefficient (Wildman–Crippen LogP) is 3.60. The molecule has 0 N–H and O–H groups in total. The van der Waals surface area contributed by atoms with Crippen molar-refractivity contribution in [3.8, 4) is 0 Å². The van der Waals surface area contributed by atoms with E-state index in [1.54, 1.807) is 24.3 Å². The number of halogens is 1. The van der Waals surface area contributed by atoms with Gasteiger partial charge >= 0.3 is 0 Å². The Bertz CT molecular complexity index is 636. The molecule has 0 atom stereocenters. The van der Waals surface area contributed by atoms with Crippen molar-refractivity contribution in [2.45, 2.75) is 17.1 Å². The van der Waals surface area contributed by atoms with Crippen molar-refractivity contribution in [3.05, 3.63) is 65.7 Å². The van der Waals surface area contributed by atoms with Gasteiger partial charge in [-0.15, -0.1) is 0 Å². The van der Waals surface area contributed by atoms with E-state index in [1.165, 1.54) is 0 Å². The fourth-order valence-corrected chi connectivity index (χ4v) is 3.82. The van der Waals surface area contributed by atoms with Gasteiger partial charge in [0.2, 0.25) is 0 Å². The molecule has 0 heterocycles. The highest BCUT2D eigenvalue weighted by molar-refractivity contribution is 9.09. The molecule has 0 unspecified atom stereocenters. The third-order valence-corrected chi connectivity index (χ3v) is 5.01. The van der Waals surface area contributed by atoms with Gasteiger partial charge < -0.3 is 0 Å². The van der Waals surface area contributed by atoms with E-state index in [9.17, 15) is 8.42 Å². The molecule has 0 aromatic heterocycles. The van der Waals surface area contributed by atoms with Gasteiger partial charge in [0.15, 0.2) is 9.84 Å². The maximum Gasteiger partial charge on any atom is 0.182 e. The highest BCUT2D eigenvalue weighted by Gasteiger charge is 2.16. The quantitative estimate of drug-likeness (QED) is 0.780. The van der Waals surface area contributed by atoms with Crippen LogP contribution < -0.4 is 0 Å². The maximum atomic E-state index is 12.3. The minimum Gasteiger partial charge on any atom is -0.223 e. The molecule has 0 fully saturated rings. The van der Waals surface area contributed by atoms with Crippen molar-refractivity contribution in [2.24, 2.45) is 0 Å². The number of benzene rings is 2. The van der Waals surface area contributed by atoms with Crippen LogP contribution in [0.4, 0.5) is 0 Å². The maximum absolute atomic E-state index is 12.3. The zero-order chi connectivity index (χ0) is 13.7. The van der Waals surface area contributed by atoms with Crippen LogP contribution in [0.25, 0.3) is 0 Å². The minimum atomic E-state index is -3.27. The molecule has 0 saturated heterocycles. The van der Waals surface area contributed by atoms with Gasteiger partial charge in [0.05, 0.1) is 10.6 Å². The average Bonchev–Trinajstić information content (AvgIpc) is 2.42. The molecule has 0 aliphatic carbocycles. The Hall–Kier alpha value is -1.13. The molecule has 4 heteroatoms. The highest BCUT2D eigenvalue weighted by Crippen LogP contribution is 2.19. The monoisotopic (exact) mass is 338 g/mol. The highest BCUT2D eigenvalue weighted by atomic mass is 79.9. The Morgan fingerprint density at radius 1 is 0.842 bits per heavy atom. The molecule has 0 aliphatic heterocycles. The van der Waals surface area contributed by atoms with Crippen LogP contribution in [0.3, 0.4) is 0 Å². The summed E-state index contributed by atoms with van der Waals surface area (Å²) in [7, 11) is -3.27. The number of rotatable bonds is 5.